The molecule has 0 amide bonds. The van der Waals surface area contributed by atoms with Crippen LogP contribution in [0.2, 0.25) is 0 Å². The Kier molecular flexibility index (Phi) is 2.72. The van der Waals surface area contributed by atoms with Crippen molar-refractivity contribution < 1.29 is 4.79 Å². The number of hydrogen-bond donors (Lipinski definition) is 0. The number of aromatic nitrogens is 2. The molecule has 0 unspecified atom stereocenters. The van der Waals surface area contributed by atoms with Gasteiger partial charge in [0, 0.05) is 18.0 Å². The largest absolute Gasteiger partial charge is 0.294 e. The lowest BCUT2D eigenvalue weighted by Gasteiger charge is -2.13. The molecule has 1 aromatic carbocycles. The first-order valence-corrected chi connectivity index (χ1v) is 7.49. The van der Waals surface area contributed by atoms with Gasteiger partial charge in [0.15, 0.2) is 5.78 Å². The molecule has 4 rings (SSSR count). The van der Waals surface area contributed by atoms with Gasteiger partial charge in [-0.15, -0.1) is 0 Å². The van der Waals surface area contributed by atoms with E-state index < -0.39 is 0 Å². The summed E-state index contributed by atoms with van der Waals surface area (Å²) in [6.07, 6.45) is 5.05. The SMILES string of the molecule is O=C1CCCc2c1c(C1CC1)nn2Cc1ccccc1. The molecule has 0 atom stereocenters. The lowest BCUT2D eigenvalue weighted by molar-refractivity contribution is 0.0971. The zero-order valence-corrected chi connectivity index (χ0v) is 11.5. The first kappa shape index (κ1) is 11.9. The van der Waals surface area contributed by atoms with Crippen molar-refractivity contribution >= 4 is 5.78 Å². The Labute approximate surface area is 118 Å². The summed E-state index contributed by atoms with van der Waals surface area (Å²) in [4.78, 5) is 12.3. The van der Waals surface area contributed by atoms with Gasteiger partial charge in [-0.3, -0.25) is 9.48 Å². The van der Waals surface area contributed by atoms with Crippen LogP contribution in [0.4, 0.5) is 0 Å². The minimum Gasteiger partial charge on any atom is -0.294 e. The summed E-state index contributed by atoms with van der Waals surface area (Å²) < 4.78 is 2.08. The van der Waals surface area contributed by atoms with Crippen LogP contribution >= 0.6 is 0 Å². The molecular formula is C17H18N2O. The number of hydrogen-bond acceptors (Lipinski definition) is 2. The van der Waals surface area contributed by atoms with Crippen LogP contribution in [0.3, 0.4) is 0 Å². The highest BCUT2D eigenvalue weighted by Gasteiger charge is 2.35. The van der Waals surface area contributed by atoms with Crippen molar-refractivity contribution in [3.05, 3.63) is 52.8 Å². The van der Waals surface area contributed by atoms with Crippen molar-refractivity contribution in [3.8, 4) is 0 Å². The molecule has 3 heteroatoms. The number of carbonyl (C=O) groups is 1. The van der Waals surface area contributed by atoms with Gasteiger partial charge in [-0.1, -0.05) is 30.3 Å². The molecule has 1 heterocycles. The van der Waals surface area contributed by atoms with Crippen LogP contribution in [0.5, 0.6) is 0 Å². The third-order valence-corrected chi connectivity index (χ3v) is 4.32. The molecule has 1 fully saturated rings. The number of fused-ring (bicyclic) bond motifs is 1. The second kappa shape index (κ2) is 4.58. The smallest absolute Gasteiger partial charge is 0.166 e. The van der Waals surface area contributed by atoms with Crippen molar-refractivity contribution in [2.24, 2.45) is 0 Å². The van der Waals surface area contributed by atoms with Crippen LogP contribution in [0.15, 0.2) is 30.3 Å². The molecular weight excluding hydrogens is 248 g/mol. The average Bonchev–Trinajstić information content (AvgIpc) is 3.24. The third-order valence-electron chi connectivity index (χ3n) is 4.32. The highest BCUT2D eigenvalue weighted by molar-refractivity contribution is 5.99. The van der Waals surface area contributed by atoms with Crippen molar-refractivity contribution in [3.63, 3.8) is 0 Å². The topological polar surface area (TPSA) is 34.9 Å². The zero-order valence-electron chi connectivity index (χ0n) is 11.5. The maximum absolute atomic E-state index is 12.3. The summed E-state index contributed by atoms with van der Waals surface area (Å²) in [5, 5.41) is 4.80. The van der Waals surface area contributed by atoms with Gasteiger partial charge in [-0.2, -0.15) is 5.10 Å². The summed E-state index contributed by atoms with van der Waals surface area (Å²) >= 11 is 0. The lowest BCUT2D eigenvalue weighted by atomic mass is 9.93. The van der Waals surface area contributed by atoms with E-state index in [1.54, 1.807) is 0 Å². The van der Waals surface area contributed by atoms with Crippen LogP contribution in [-0.2, 0) is 13.0 Å². The highest BCUT2D eigenvalue weighted by atomic mass is 16.1. The maximum atomic E-state index is 12.3. The fourth-order valence-electron chi connectivity index (χ4n) is 3.15. The number of ketones is 1. The Morgan fingerprint density at radius 2 is 1.95 bits per heavy atom. The summed E-state index contributed by atoms with van der Waals surface area (Å²) in [5.74, 6) is 0.857. The molecule has 102 valence electrons. The van der Waals surface area contributed by atoms with Gasteiger partial charge in [-0.25, -0.2) is 0 Å². The average molecular weight is 266 g/mol. The number of benzene rings is 1. The van der Waals surface area contributed by atoms with Crippen LogP contribution in [0, 0.1) is 0 Å². The Balaban J connectivity index is 1.76. The second-order valence-electron chi connectivity index (χ2n) is 5.90. The molecule has 0 aliphatic heterocycles. The first-order valence-electron chi connectivity index (χ1n) is 7.49. The summed E-state index contributed by atoms with van der Waals surface area (Å²) in [7, 11) is 0. The minimum absolute atomic E-state index is 0.312. The van der Waals surface area contributed by atoms with E-state index in [4.69, 9.17) is 5.10 Å². The van der Waals surface area contributed by atoms with Crippen LogP contribution in [-0.4, -0.2) is 15.6 Å². The molecule has 0 N–H and O–H groups in total. The predicted octanol–water partition coefficient (Wildman–Crippen LogP) is 3.33. The Bertz CT molecular complexity index is 653. The molecule has 0 bridgehead atoms. The van der Waals surface area contributed by atoms with Crippen molar-refractivity contribution in [2.45, 2.75) is 44.6 Å². The summed E-state index contributed by atoms with van der Waals surface area (Å²) in [6.45, 7) is 0.781. The number of carbonyl (C=O) groups excluding carboxylic acids is 1. The van der Waals surface area contributed by atoms with Gasteiger partial charge in [0.1, 0.15) is 0 Å². The monoisotopic (exact) mass is 266 g/mol. The molecule has 1 saturated carbocycles. The van der Waals surface area contributed by atoms with E-state index in [1.807, 2.05) is 6.07 Å². The van der Waals surface area contributed by atoms with E-state index in [0.29, 0.717) is 18.1 Å². The predicted molar refractivity (Wildman–Crippen MR) is 77.0 cm³/mol. The van der Waals surface area contributed by atoms with Crippen molar-refractivity contribution in [1.29, 1.82) is 0 Å². The van der Waals surface area contributed by atoms with E-state index in [1.165, 1.54) is 24.1 Å². The van der Waals surface area contributed by atoms with E-state index >= 15 is 0 Å². The lowest BCUT2D eigenvalue weighted by Crippen LogP contribution is -2.14. The summed E-state index contributed by atoms with van der Waals surface area (Å²) in [5.41, 5.74) is 4.47. The normalized spacial score (nSPS) is 18.1. The van der Waals surface area contributed by atoms with Crippen LogP contribution < -0.4 is 0 Å². The van der Waals surface area contributed by atoms with Crippen LogP contribution in [0.25, 0.3) is 0 Å². The fourth-order valence-corrected chi connectivity index (χ4v) is 3.15. The number of nitrogens with zero attached hydrogens (tertiary/aromatic N) is 2. The van der Waals surface area contributed by atoms with E-state index in [2.05, 4.69) is 28.9 Å². The molecule has 3 nitrogen and oxygen atoms in total. The van der Waals surface area contributed by atoms with Crippen LogP contribution in [0.1, 0.15) is 58.9 Å². The molecule has 0 saturated heterocycles. The van der Waals surface area contributed by atoms with E-state index in [0.717, 1.165) is 30.6 Å². The highest BCUT2D eigenvalue weighted by Crippen LogP contribution is 2.43. The molecule has 2 aliphatic rings. The molecule has 0 radical (unpaired) electrons. The second-order valence-corrected chi connectivity index (χ2v) is 5.90. The first-order chi connectivity index (χ1) is 9.83. The zero-order chi connectivity index (χ0) is 13.5. The molecule has 20 heavy (non-hydrogen) atoms. The van der Waals surface area contributed by atoms with Gasteiger partial charge in [0.2, 0.25) is 0 Å². The molecule has 2 aliphatic carbocycles. The van der Waals surface area contributed by atoms with Gasteiger partial charge in [-0.05, 0) is 31.2 Å². The van der Waals surface area contributed by atoms with Gasteiger partial charge in [0.25, 0.3) is 0 Å². The Hall–Kier alpha value is -1.90. The van der Waals surface area contributed by atoms with Gasteiger partial charge < -0.3 is 0 Å². The quantitative estimate of drug-likeness (QED) is 0.854. The number of Topliss-reactive ketones (excluding diaryl/α,β-unsaturated/α-hetero) is 1. The number of rotatable bonds is 3. The van der Waals surface area contributed by atoms with Crippen molar-refractivity contribution in [2.75, 3.05) is 0 Å². The molecule has 2 aromatic rings. The fraction of sp³-hybridized carbons (Fsp3) is 0.412. The van der Waals surface area contributed by atoms with Gasteiger partial charge >= 0.3 is 0 Å². The van der Waals surface area contributed by atoms with Gasteiger partial charge in [0.05, 0.1) is 17.8 Å². The van der Waals surface area contributed by atoms with E-state index in [-0.39, 0.29) is 0 Å². The third kappa shape index (κ3) is 1.98. The van der Waals surface area contributed by atoms with Crippen molar-refractivity contribution in [1.82, 2.24) is 9.78 Å². The Morgan fingerprint density at radius 3 is 2.70 bits per heavy atom. The summed E-state index contributed by atoms with van der Waals surface area (Å²) in [6, 6.07) is 10.4. The maximum Gasteiger partial charge on any atom is 0.166 e. The van der Waals surface area contributed by atoms with E-state index in [9.17, 15) is 4.79 Å². The molecule has 1 aromatic heterocycles. The Morgan fingerprint density at radius 1 is 1.15 bits per heavy atom. The minimum atomic E-state index is 0.312. The molecule has 0 spiro atoms. The standard InChI is InChI=1S/C17H18N2O/c20-15-8-4-7-14-16(15)17(13-9-10-13)18-19(14)11-12-5-2-1-3-6-12/h1-3,5-6,13H,4,7-11H2.